The third-order valence-electron chi connectivity index (χ3n) is 11.5. The number of fused-ring (bicyclic) bond motifs is 5. The summed E-state index contributed by atoms with van der Waals surface area (Å²) in [5.41, 5.74) is 0.909. The van der Waals surface area contributed by atoms with E-state index in [2.05, 4.69) is 53.5 Å². The van der Waals surface area contributed by atoms with Gasteiger partial charge in [-0.1, -0.05) is 67.2 Å². The van der Waals surface area contributed by atoms with Gasteiger partial charge in [0.15, 0.2) is 0 Å². The molecule has 1 amide bonds. The quantitative estimate of drug-likeness (QED) is 0.426. The number of nitrogens with zero attached hydrogens (tertiary/aromatic N) is 1. The lowest BCUT2D eigenvalue weighted by molar-refractivity contribution is -0.169. The highest BCUT2D eigenvalue weighted by Crippen LogP contribution is 2.68. The van der Waals surface area contributed by atoms with Crippen molar-refractivity contribution in [1.82, 2.24) is 4.90 Å². The molecule has 6 unspecified atom stereocenters. The predicted molar refractivity (Wildman–Crippen MR) is 131 cm³/mol. The lowest BCUT2D eigenvalue weighted by atomic mass is 9.44. The number of rotatable bonds is 6. The first-order chi connectivity index (χ1) is 14.6. The normalized spacial score (nSPS) is 45.9. The van der Waals surface area contributed by atoms with E-state index in [9.17, 15) is 4.79 Å². The van der Waals surface area contributed by atoms with Crippen LogP contribution in [0.5, 0.6) is 0 Å². The van der Waals surface area contributed by atoms with E-state index in [1.165, 1.54) is 57.8 Å². The summed E-state index contributed by atoms with van der Waals surface area (Å²) in [6.07, 6.45) is 14.5. The molecule has 2 nitrogen and oxygen atoms in total. The van der Waals surface area contributed by atoms with Crippen molar-refractivity contribution in [3.8, 4) is 0 Å². The summed E-state index contributed by atoms with van der Waals surface area (Å²) in [6, 6.07) is 0.483. The molecule has 3 aliphatic carbocycles. The molecule has 1 saturated heterocycles. The SMILES string of the molecule is CC[C@H]1CC2N(C)C(=O)CC[C@]2(C)C2CC[C@]3(C)C(C(C)CCCC(C)C)CCC3C21. The number of hydrogen-bond acceptors (Lipinski definition) is 1. The van der Waals surface area contributed by atoms with Crippen LogP contribution in [0.4, 0.5) is 0 Å². The van der Waals surface area contributed by atoms with Crippen LogP contribution >= 0.6 is 0 Å². The van der Waals surface area contributed by atoms with Gasteiger partial charge in [0.2, 0.25) is 5.91 Å². The van der Waals surface area contributed by atoms with E-state index in [1.807, 2.05) is 0 Å². The summed E-state index contributed by atoms with van der Waals surface area (Å²) in [4.78, 5) is 14.7. The summed E-state index contributed by atoms with van der Waals surface area (Å²) in [5.74, 6) is 6.54. The molecule has 4 fully saturated rings. The van der Waals surface area contributed by atoms with E-state index < -0.39 is 0 Å². The minimum Gasteiger partial charge on any atom is -0.342 e. The third kappa shape index (κ3) is 3.80. The highest BCUT2D eigenvalue weighted by atomic mass is 16.2. The fourth-order valence-electron chi connectivity index (χ4n) is 9.72. The number of carbonyl (C=O) groups is 1. The van der Waals surface area contributed by atoms with Gasteiger partial charge in [-0.3, -0.25) is 4.79 Å². The molecule has 2 heteroatoms. The van der Waals surface area contributed by atoms with Crippen molar-refractivity contribution in [2.45, 2.75) is 118 Å². The summed E-state index contributed by atoms with van der Waals surface area (Å²) >= 11 is 0. The fourth-order valence-corrected chi connectivity index (χ4v) is 9.72. The fraction of sp³-hybridized carbons (Fsp3) is 0.966. The van der Waals surface area contributed by atoms with Gasteiger partial charge < -0.3 is 4.90 Å². The zero-order valence-electron chi connectivity index (χ0n) is 21.8. The van der Waals surface area contributed by atoms with Crippen LogP contribution in [0, 0.1) is 52.3 Å². The standard InChI is InChI=1S/C29H51NO/c1-8-21-18-25-29(6,17-15-26(31)30(25)7)24-14-16-28(5)22(12-13-23(28)27(21)24)20(4)11-9-10-19(2)3/h19-25,27H,8-18H2,1-7H3/t20?,21-,22?,23?,24?,25?,27?,28+,29+/m0/s1. The lowest BCUT2D eigenvalue weighted by Gasteiger charge is -2.64. The molecular formula is C29H51NO. The second kappa shape index (κ2) is 8.68. The minimum atomic E-state index is 0.349. The zero-order valence-corrected chi connectivity index (χ0v) is 21.8. The molecule has 178 valence electrons. The zero-order chi connectivity index (χ0) is 22.6. The molecule has 31 heavy (non-hydrogen) atoms. The lowest BCUT2D eigenvalue weighted by Crippen LogP contribution is -2.63. The van der Waals surface area contributed by atoms with Crippen molar-refractivity contribution in [1.29, 1.82) is 0 Å². The Morgan fingerprint density at radius 2 is 1.71 bits per heavy atom. The number of amides is 1. The van der Waals surface area contributed by atoms with Gasteiger partial charge in [0.05, 0.1) is 0 Å². The van der Waals surface area contributed by atoms with Crippen molar-refractivity contribution in [2.24, 2.45) is 52.3 Å². The molecule has 4 rings (SSSR count). The molecule has 0 spiro atoms. The Kier molecular flexibility index (Phi) is 6.61. The highest BCUT2D eigenvalue weighted by molar-refractivity contribution is 5.77. The maximum absolute atomic E-state index is 12.6. The molecule has 0 radical (unpaired) electrons. The van der Waals surface area contributed by atoms with E-state index >= 15 is 0 Å². The maximum atomic E-state index is 12.6. The molecule has 1 heterocycles. The van der Waals surface area contributed by atoms with Crippen LogP contribution in [-0.2, 0) is 4.79 Å². The van der Waals surface area contributed by atoms with Crippen LogP contribution in [0.1, 0.15) is 112 Å². The van der Waals surface area contributed by atoms with Crippen molar-refractivity contribution < 1.29 is 4.79 Å². The third-order valence-corrected chi connectivity index (χ3v) is 11.5. The second-order valence-corrected chi connectivity index (χ2v) is 13.3. The second-order valence-electron chi connectivity index (χ2n) is 13.3. The van der Waals surface area contributed by atoms with Gasteiger partial charge >= 0.3 is 0 Å². The largest absolute Gasteiger partial charge is 0.342 e. The Morgan fingerprint density at radius 3 is 2.39 bits per heavy atom. The van der Waals surface area contributed by atoms with Crippen LogP contribution < -0.4 is 0 Å². The first kappa shape index (κ1) is 23.6. The average molecular weight is 430 g/mol. The number of carbonyl (C=O) groups excluding carboxylic acids is 1. The molecular weight excluding hydrogens is 378 g/mol. The Hall–Kier alpha value is -0.530. The summed E-state index contributed by atoms with van der Waals surface area (Å²) < 4.78 is 0. The molecule has 1 aliphatic heterocycles. The van der Waals surface area contributed by atoms with Crippen LogP contribution in [-0.4, -0.2) is 23.9 Å². The van der Waals surface area contributed by atoms with E-state index in [0.29, 0.717) is 22.8 Å². The predicted octanol–water partition coefficient (Wildman–Crippen LogP) is 7.56. The van der Waals surface area contributed by atoms with Gasteiger partial charge in [-0.15, -0.1) is 0 Å². The topological polar surface area (TPSA) is 20.3 Å². The molecule has 3 saturated carbocycles. The van der Waals surface area contributed by atoms with E-state index in [4.69, 9.17) is 0 Å². The van der Waals surface area contributed by atoms with Crippen LogP contribution in [0.2, 0.25) is 0 Å². The first-order valence-electron chi connectivity index (χ1n) is 13.9. The molecule has 0 aromatic carbocycles. The van der Waals surface area contributed by atoms with Gasteiger partial charge in [0, 0.05) is 19.5 Å². The molecule has 0 aromatic heterocycles. The molecule has 4 aliphatic rings. The van der Waals surface area contributed by atoms with Gasteiger partial charge in [0.1, 0.15) is 0 Å². The molecule has 0 N–H and O–H groups in total. The Balaban J connectivity index is 1.56. The van der Waals surface area contributed by atoms with Crippen molar-refractivity contribution >= 4 is 5.91 Å². The number of piperidine rings is 1. The van der Waals surface area contributed by atoms with E-state index in [1.54, 1.807) is 0 Å². The molecule has 0 bridgehead atoms. The van der Waals surface area contributed by atoms with Gasteiger partial charge in [0.25, 0.3) is 0 Å². The highest BCUT2D eigenvalue weighted by Gasteiger charge is 2.63. The van der Waals surface area contributed by atoms with Gasteiger partial charge in [-0.25, -0.2) is 0 Å². The number of likely N-dealkylation sites (tertiary alicyclic amines) is 1. The van der Waals surface area contributed by atoms with Crippen LogP contribution in [0.3, 0.4) is 0 Å². The molecule has 0 aromatic rings. The van der Waals surface area contributed by atoms with Crippen molar-refractivity contribution in [3.05, 3.63) is 0 Å². The van der Waals surface area contributed by atoms with Crippen LogP contribution in [0.25, 0.3) is 0 Å². The summed E-state index contributed by atoms with van der Waals surface area (Å²) in [7, 11) is 2.11. The maximum Gasteiger partial charge on any atom is 0.222 e. The van der Waals surface area contributed by atoms with Crippen molar-refractivity contribution in [3.63, 3.8) is 0 Å². The summed E-state index contributed by atoms with van der Waals surface area (Å²) in [6.45, 7) is 15.0. The van der Waals surface area contributed by atoms with Crippen LogP contribution in [0.15, 0.2) is 0 Å². The van der Waals surface area contributed by atoms with E-state index in [0.717, 1.165) is 54.3 Å². The Labute approximate surface area is 193 Å². The van der Waals surface area contributed by atoms with E-state index in [-0.39, 0.29) is 0 Å². The number of hydrogen-bond donors (Lipinski definition) is 0. The Morgan fingerprint density at radius 1 is 1.00 bits per heavy atom. The Bertz CT molecular complexity index is 657. The minimum absolute atomic E-state index is 0.349. The van der Waals surface area contributed by atoms with Gasteiger partial charge in [-0.05, 0) is 90.8 Å². The first-order valence-corrected chi connectivity index (χ1v) is 13.9. The smallest absolute Gasteiger partial charge is 0.222 e. The van der Waals surface area contributed by atoms with Gasteiger partial charge in [-0.2, -0.15) is 0 Å². The summed E-state index contributed by atoms with van der Waals surface area (Å²) in [5, 5.41) is 0. The van der Waals surface area contributed by atoms with Crippen molar-refractivity contribution in [2.75, 3.05) is 7.05 Å². The average Bonchev–Trinajstić information content (AvgIpc) is 3.08. The monoisotopic (exact) mass is 429 g/mol. The molecule has 9 atom stereocenters.